The van der Waals surface area contributed by atoms with Gasteiger partial charge in [-0.2, -0.15) is 5.26 Å². The van der Waals surface area contributed by atoms with E-state index in [0.717, 1.165) is 44.0 Å². The Morgan fingerprint density at radius 1 is 1.38 bits per heavy atom. The van der Waals surface area contributed by atoms with Crippen molar-refractivity contribution in [3.05, 3.63) is 46.5 Å². The van der Waals surface area contributed by atoms with E-state index in [0.29, 0.717) is 22.7 Å². The Bertz CT molecular complexity index is 1070. The number of rotatable bonds is 8. The third kappa shape index (κ3) is 5.51. The first kappa shape index (κ1) is 23.9. The molecule has 0 bridgehead atoms. The van der Waals surface area contributed by atoms with Crippen molar-refractivity contribution in [1.29, 1.82) is 5.26 Å². The molecule has 10 heteroatoms. The average Bonchev–Trinajstić information content (AvgIpc) is 2.78. The standard InChI is InChI=1S/C22H24ClN3O5S/c23-17-12-19(18(25)10-15(17)13-24)26-8-2-1-4-16(26)5-3-9-31-20-7-6-14(22(27)28)11-21(20)32(29)30/h6-7,10-12,16H,1-5,8-9,25H2,(H,27,28)(H,29,30)/p-1. The highest BCUT2D eigenvalue weighted by atomic mass is 35.5. The van der Waals surface area contributed by atoms with Gasteiger partial charge in [-0.05, 0) is 73.5 Å². The molecule has 1 aliphatic rings. The van der Waals surface area contributed by atoms with E-state index in [1.54, 1.807) is 12.1 Å². The number of carboxylic acids is 1. The van der Waals surface area contributed by atoms with Crippen molar-refractivity contribution in [2.24, 2.45) is 0 Å². The predicted octanol–water partition coefficient (Wildman–Crippen LogP) is 3.95. The molecular formula is C22H23ClN3O5S-. The number of aromatic carboxylic acids is 1. The van der Waals surface area contributed by atoms with Gasteiger partial charge >= 0.3 is 5.97 Å². The number of benzene rings is 2. The molecule has 3 N–H and O–H groups in total. The molecule has 1 heterocycles. The maximum absolute atomic E-state index is 11.5. The number of nitriles is 1. The van der Waals surface area contributed by atoms with Gasteiger partial charge in [-0.25, -0.2) is 4.79 Å². The molecule has 1 fully saturated rings. The van der Waals surface area contributed by atoms with E-state index in [1.807, 2.05) is 6.07 Å². The van der Waals surface area contributed by atoms with E-state index in [9.17, 15) is 13.6 Å². The van der Waals surface area contributed by atoms with E-state index in [2.05, 4.69) is 4.90 Å². The molecule has 2 atom stereocenters. The van der Waals surface area contributed by atoms with Gasteiger partial charge in [0.1, 0.15) is 11.8 Å². The van der Waals surface area contributed by atoms with Gasteiger partial charge in [0, 0.05) is 12.6 Å². The van der Waals surface area contributed by atoms with Gasteiger partial charge in [0.25, 0.3) is 0 Å². The molecular weight excluding hydrogens is 454 g/mol. The molecule has 2 aromatic rings. The Labute approximate surface area is 193 Å². The number of hydrogen-bond donors (Lipinski definition) is 2. The monoisotopic (exact) mass is 476 g/mol. The minimum Gasteiger partial charge on any atom is -0.768 e. The molecule has 8 nitrogen and oxygen atoms in total. The lowest BCUT2D eigenvalue weighted by molar-refractivity contribution is 0.0696. The normalized spacial score (nSPS) is 16.9. The molecule has 0 radical (unpaired) electrons. The van der Waals surface area contributed by atoms with Crippen LogP contribution >= 0.6 is 11.6 Å². The number of anilines is 2. The summed E-state index contributed by atoms with van der Waals surface area (Å²) < 4.78 is 28.6. The summed E-state index contributed by atoms with van der Waals surface area (Å²) in [5.74, 6) is -1.07. The van der Waals surface area contributed by atoms with Gasteiger partial charge in [0.05, 0.1) is 39.0 Å². The fraction of sp³-hybridized carbons (Fsp3) is 0.364. The summed E-state index contributed by atoms with van der Waals surface area (Å²) in [5, 5.41) is 18.6. The van der Waals surface area contributed by atoms with Crippen LogP contribution in [0.2, 0.25) is 5.02 Å². The van der Waals surface area contributed by atoms with Crippen molar-refractivity contribution in [2.45, 2.75) is 43.0 Å². The van der Waals surface area contributed by atoms with Crippen LogP contribution in [0.3, 0.4) is 0 Å². The largest absolute Gasteiger partial charge is 0.768 e. The van der Waals surface area contributed by atoms with Crippen LogP contribution in [0.15, 0.2) is 35.2 Å². The smallest absolute Gasteiger partial charge is 0.335 e. The Hall–Kier alpha value is -2.80. The van der Waals surface area contributed by atoms with E-state index < -0.39 is 17.0 Å². The first-order valence-electron chi connectivity index (χ1n) is 10.2. The van der Waals surface area contributed by atoms with Gasteiger partial charge in [0.15, 0.2) is 0 Å². The molecule has 2 aromatic carbocycles. The minimum atomic E-state index is -2.61. The molecule has 1 saturated heterocycles. The summed E-state index contributed by atoms with van der Waals surface area (Å²) in [6, 6.07) is 9.34. The summed E-state index contributed by atoms with van der Waals surface area (Å²) in [7, 11) is 0. The van der Waals surface area contributed by atoms with Crippen LogP contribution in [-0.4, -0.2) is 39.0 Å². The van der Waals surface area contributed by atoms with E-state index in [4.69, 9.17) is 32.4 Å². The summed E-state index contributed by atoms with van der Waals surface area (Å²) in [5.41, 5.74) is 7.74. The fourth-order valence-corrected chi connectivity index (χ4v) is 4.64. The van der Waals surface area contributed by atoms with Crippen molar-refractivity contribution in [1.82, 2.24) is 0 Å². The van der Waals surface area contributed by atoms with Crippen LogP contribution in [0.25, 0.3) is 0 Å². The van der Waals surface area contributed by atoms with Gasteiger partial charge < -0.3 is 25.0 Å². The number of carbonyl (C=O) groups is 1. The Balaban J connectivity index is 1.65. The lowest BCUT2D eigenvalue weighted by Crippen LogP contribution is -2.40. The number of piperidine rings is 1. The topological polar surface area (TPSA) is 140 Å². The third-order valence-electron chi connectivity index (χ3n) is 5.48. The lowest BCUT2D eigenvalue weighted by Gasteiger charge is -2.38. The maximum Gasteiger partial charge on any atom is 0.335 e. The molecule has 0 saturated carbocycles. The SMILES string of the molecule is N#Cc1cc(N)c(N2CCCCC2CCCOc2ccc(C(=O)O)cc2S(=O)[O-])cc1Cl. The summed E-state index contributed by atoms with van der Waals surface area (Å²) in [6.45, 7) is 1.11. The summed E-state index contributed by atoms with van der Waals surface area (Å²) in [4.78, 5) is 13.1. The van der Waals surface area contributed by atoms with Crippen LogP contribution in [0, 0.1) is 11.3 Å². The van der Waals surface area contributed by atoms with Gasteiger partial charge in [-0.15, -0.1) is 0 Å². The average molecular weight is 477 g/mol. The second-order valence-corrected chi connectivity index (χ2v) is 8.85. The van der Waals surface area contributed by atoms with Crippen molar-refractivity contribution in [2.75, 3.05) is 23.8 Å². The van der Waals surface area contributed by atoms with E-state index >= 15 is 0 Å². The second kappa shape index (κ2) is 10.7. The fourth-order valence-electron chi connectivity index (χ4n) is 3.92. The molecule has 1 aliphatic heterocycles. The molecule has 170 valence electrons. The zero-order chi connectivity index (χ0) is 23.3. The Morgan fingerprint density at radius 3 is 2.84 bits per heavy atom. The number of hydrogen-bond acceptors (Lipinski definition) is 7. The van der Waals surface area contributed by atoms with Crippen molar-refractivity contribution >= 4 is 40.0 Å². The second-order valence-electron chi connectivity index (χ2n) is 7.54. The minimum absolute atomic E-state index is 0.118. The molecule has 0 aliphatic carbocycles. The predicted molar refractivity (Wildman–Crippen MR) is 121 cm³/mol. The van der Waals surface area contributed by atoms with Gasteiger partial charge in [-0.1, -0.05) is 11.6 Å². The van der Waals surface area contributed by atoms with E-state index in [-0.39, 0.29) is 28.9 Å². The van der Waals surface area contributed by atoms with Crippen LogP contribution in [0.1, 0.15) is 48.0 Å². The number of nitrogens with zero attached hydrogens (tertiary/aromatic N) is 2. The molecule has 0 amide bonds. The maximum atomic E-state index is 11.5. The lowest BCUT2D eigenvalue weighted by atomic mass is 9.96. The number of nitrogen functional groups attached to an aromatic ring is 1. The highest BCUT2D eigenvalue weighted by Gasteiger charge is 2.25. The van der Waals surface area contributed by atoms with Crippen LogP contribution in [-0.2, 0) is 11.1 Å². The molecule has 0 aromatic heterocycles. The Morgan fingerprint density at radius 2 is 2.16 bits per heavy atom. The van der Waals surface area contributed by atoms with Crippen molar-refractivity contribution in [3.63, 3.8) is 0 Å². The Kier molecular flexibility index (Phi) is 7.96. The molecule has 2 unspecified atom stereocenters. The summed E-state index contributed by atoms with van der Waals surface area (Å²) in [6.07, 6.45) is 4.54. The number of carboxylic acid groups (broad SMARTS) is 1. The first-order valence-corrected chi connectivity index (χ1v) is 11.6. The highest BCUT2D eigenvalue weighted by molar-refractivity contribution is 7.79. The highest BCUT2D eigenvalue weighted by Crippen LogP contribution is 2.35. The zero-order valence-corrected chi connectivity index (χ0v) is 18.8. The number of ether oxygens (including phenoxy) is 1. The van der Waals surface area contributed by atoms with Crippen LogP contribution < -0.4 is 15.4 Å². The van der Waals surface area contributed by atoms with Gasteiger partial charge in [0.2, 0.25) is 0 Å². The molecule has 0 spiro atoms. The molecule has 32 heavy (non-hydrogen) atoms. The van der Waals surface area contributed by atoms with Crippen LogP contribution in [0.4, 0.5) is 11.4 Å². The first-order chi connectivity index (χ1) is 15.3. The molecule has 3 rings (SSSR count). The van der Waals surface area contributed by atoms with Gasteiger partial charge in [-0.3, -0.25) is 4.21 Å². The van der Waals surface area contributed by atoms with Crippen LogP contribution in [0.5, 0.6) is 5.75 Å². The quantitative estimate of drug-likeness (QED) is 0.331. The third-order valence-corrected chi connectivity index (χ3v) is 6.47. The van der Waals surface area contributed by atoms with E-state index in [1.165, 1.54) is 12.1 Å². The zero-order valence-electron chi connectivity index (χ0n) is 17.3. The number of halogens is 1. The summed E-state index contributed by atoms with van der Waals surface area (Å²) >= 11 is 3.61. The number of nitrogens with two attached hydrogens (primary N) is 1. The van der Waals surface area contributed by atoms with Crippen molar-refractivity contribution in [3.8, 4) is 11.8 Å². The van der Waals surface area contributed by atoms with Crippen molar-refractivity contribution < 1.29 is 23.4 Å².